The second-order valence-corrected chi connectivity index (χ2v) is 4.42. The van der Waals surface area contributed by atoms with Gasteiger partial charge in [0.25, 0.3) is 0 Å². The van der Waals surface area contributed by atoms with E-state index in [-0.39, 0.29) is 12.0 Å². The first-order chi connectivity index (χ1) is 6.57. The number of rotatable bonds is 5. The molecule has 1 saturated carbocycles. The summed E-state index contributed by atoms with van der Waals surface area (Å²) in [5.74, 6) is -0.744. The third kappa shape index (κ3) is 2.27. The number of carboxylic acid groups (broad SMARTS) is 1. The molecule has 0 aliphatic heterocycles. The number of carboxylic acids is 1. The fraction of sp³-hybridized carbons (Fsp3) is 0.909. The predicted molar refractivity (Wildman–Crippen MR) is 56.3 cm³/mol. The number of nitrogens with zero attached hydrogens (tertiary/aromatic N) is 1. The fourth-order valence-electron chi connectivity index (χ4n) is 2.23. The van der Waals surface area contributed by atoms with Crippen LogP contribution in [0.2, 0.25) is 0 Å². The maximum absolute atomic E-state index is 10.9. The summed E-state index contributed by atoms with van der Waals surface area (Å²) in [4.78, 5) is 13.2. The topological polar surface area (TPSA) is 40.5 Å². The first-order valence-electron chi connectivity index (χ1n) is 5.56. The molecule has 14 heavy (non-hydrogen) atoms. The summed E-state index contributed by atoms with van der Waals surface area (Å²) in [6.07, 6.45) is 3.00. The highest BCUT2D eigenvalue weighted by Gasteiger charge is 2.40. The minimum Gasteiger partial charge on any atom is -0.481 e. The Morgan fingerprint density at radius 3 is 2.43 bits per heavy atom. The molecule has 0 aromatic rings. The van der Waals surface area contributed by atoms with Gasteiger partial charge >= 0.3 is 5.97 Å². The predicted octanol–water partition coefficient (Wildman–Crippen LogP) is 1.97. The van der Waals surface area contributed by atoms with Gasteiger partial charge in [-0.1, -0.05) is 6.92 Å². The molecule has 82 valence electrons. The third-order valence-electron chi connectivity index (χ3n) is 3.13. The Morgan fingerprint density at radius 2 is 2.14 bits per heavy atom. The van der Waals surface area contributed by atoms with Gasteiger partial charge < -0.3 is 5.11 Å². The fourth-order valence-corrected chi connectivity index (χ4v) is 2.23. The average molecular weight is 199 g/mol. The van der Waals surface area contributed by atoms with Gasteiger partial charge in [-0.05, 0) is 39.7 Å². The first-order valence-corrected chi connectivity index (χ1v) is 5.56. The lowest BCUT2D eigenvalue weighted by Crippen LogP contribution is -2.52. The maximum atomic E-state index is 10.9. The number of hydrogen-bond acceptors (Lipinski definition) is 2. The molecule has 0 saturated heterocycles. The highest BCUT2D eigenvalue weighted by molar-refractivity contribution is 5.72. The van der Waals surface area contributed by atoms with Gasteiger partial charge in [0.1, 0.15) is 0 Å². The normalized spacial score (nSPS) is 26.6. The van der Waals surface area contributed by atoms with Gasteiger partial charge in [-0.3, -0.25) is 9.69 Å². The summed E-state index contributed by atoms with van der Waals surface area (Å²) >= 11 is 0. The molecule has 0 heterocycles. The molecule has 0 bridgehead atoms. The molecule has 3 heteroatoms. The minimum atomic E-state index is -0.622. The van der Waals surface area contributed by atoms with Crippen LogP contribution in [0.15, 0.2) is 0 Å². The minimum absolute atomic E-state index is 0.121. The highest BCUT2D eigenvalue weighted by Crippen LogP contribution is 2.33. The van der Waals surface area contributed by atoms with Crippen molar-refractivity contribution < 1.29 is 9.90 Å². The zero-order chi connectivity index (χ0) is 10.7. The first kappa shape index (κ1) is 11.5. The van der Waals surface area contributed by atoms with E-state index >= 15 is 0 Å². The van der Waals surface area contributed by atoms with Gasteiger partial charge in [-0.2, -0.15) is 0 Å². The molecule has 1 fully saturated rings. The van der Waals surface area contributed by atoms with Gasteiger partial charge in [0.2, 0.25) is 0 Å². The maximum Gasteiger partial charge on any atom is 0.308 e. The Morgan fingerprint density at radius 1 is 1.50 bits per heavy atom. The third-order valence-corrected chi connectivity index (χ3v) is 3.13. The molecule has 0 aromatic heterocycles. The van der Waals surface area contributed by atoms with E-state index in [4.69, 9.17) is 5.11 Å². The summed E-state index contributed by atoms with van der Waals surface area (Å²) in [5, 5.41) is 8.98. The van der Waals surface area contributed by atoms with Crippen LogP contribution in [0.1, 0.15) is 40.0 Å². The van der Waals surface area contributed by atoms with Crippen molar-refractivity contribution in [2.24, 2.45) is 5.92 Å². The van der Waals surface area contributed by atoms with Crippen LogP contribution in [0, 0.1) is 5.92 Å². The Hall–Kier alpha value is -0.570. The number of aliphatic carboxylic acids is 1. The summed E-state index contributed by atoms with van der Waals surface area (Å²) in [7, 11) is 0. The number of carbonyl (C=O) groups is 1. The lowest BCUT2D eigenvalue weighted by molar-refractivity contribution is -0.149. The monoisotopic (exact) mass is 199 g/mol. The van der Waals surface area contributed by atoms with Crippen molar-refractivity contribution >= 4 is 5.97 Å². The molecule has 2 unspecified atom stereocenters. The molecular formula is C11H21NO2. The van der Waals surface area contributed by atoms with Crippen molar-refractivity contribution in [2.75, 3.05) is 6.54 Å². The van der Waals surface area contributed by atoms with Crippen LogP contribution in [0.25, 0.3) is 0 Å². The summed E-state index contributed by atoms with van der Waals surface area (Å²) in [5.41, 5.74) is 0. The van der Waals surface area contributed by atoms with Crippen LogP contribution in [0.3, 0.4) is 0 Å². The van der Waals surface area contributed by atoms with Gasteiger partial charge in [0.15, 0.2) is 0 Å². The van der Waals surface area contributed by atoms with Gasteiger partial charge in [-0.25, -0.2) is 0 Å². The van der Waals surface area contributed by atoms with E-state index in [1.54, 1.807) is 0 Å². The highest BCUT2D eigenvalue weighted by atomic mass is 16.4. The zero-order valence-corrected chi connectivity index (χ0v) is 9.36. The molecule has 0 radical (unpaired) electrons. The van der Waals surface area contributed by atoms with Crippen LogP contribution in [0.5, 0.6) is 0 Å². The van der Waals surface area contributed by atoms with Crippen LogP contribution in [-0.4, -0.2) is 34.6 Å². The van der Waals surface area contributed by atoms with Crippen LogP contribution < -0.4 is 0 Å². The van der Waals surface area contributed by atoms with Crippen molar-refractivity contribution in [2.45, 2.75) is 52.1 Å². The van der Waals surface area contributed by atoms with Gasteiger partial charge in [0, 0.05) is 12.1 Å². The number of hydrogen-bond donors (Lipinski definition) is 1. The van der Waals surface area contributed by atoms with Crippen molar-refractivity contribution in [1.82, 2.24) is 4.90 Å². The van der Waals surface area contributed by atoms with E-state index in [1.807, 2.05) is 0 Å². The summed E-state index contributed by atoms with van der Waals surface area (Å²) in [6.45, 7) is 7.45. The molecule has 0 spiro atoms. The Kier molecular flexibility index (Phi) is 3.93. The van der Waals surface area contributed by atoms with Crippen LogP contribution in [0.4, 0.5) is 0 Å². The molecule has 0 aromatic carbocycles. The quantitative estimate of drug-likeness (QED) is 0.736. The zero-order valence-electron chi connectivity index (χ0n) is 9.36. The molecule has 2 atom stereocenters. The SMILES string of the molecule is CCCN(C(C)C)C1CCC1C(=O)O. The lowest BCUT2D eigenvalue weighted by atomic mass is 9.78. The van der Waals surface area contributed by atoms with E-state index in [0.29, 0.717) is 6.04 Å². The Bertz CT molecular complexity index is 203. The van der Waals surface area contributed by atoms with Crippen molar-refractivity contribution in [1.29, 1.82) is 0 Å². The average Bonchev–Trinajstić information content (AvgIpc) is 1.99. The van der Waals surface area contributed by atoms with E-state index in [0.717, 1.165) is 25.8 Å². The van der Waals surface area contributed by atoms with Crippen molar-refractivity contribution in [3.63, 3.8) is 0 Å². The smallest absolute Gasteiger partial charge is 0.308 e. The molecule has 1 aliphatic rings. The van der Waals surface area contributed by atoms with E-state index in [2.05, 4.69) is 25.7 Å². The largest absolute Gasteiger partial charge is 0.481 e. The molecule has 1 aliphatic carbocycles. The van der Waals surface area contributed by atoms with Gasteiger partial charge in [-0.15, -0.1) is 0 Å². The van der Waals surface area contributed by atoms with Crippen LogP contribution in [-0.2, 0) is 4.79 Å². The second kappa shape index (κ2) is 4.78. The van der Waals surface area contributed by atoms with Crippen molar-refractivity contribution in [3.8, 4) is 0 Å². The van der Waals surface area contributed by atoms with E-state index in [9.17, 15) is 4.79 Å². The summed E-state index contributed by atoms with van der Waals surface area (Å²) < 4.78 is 0. The molecule has 3 nitrogen and oxygen atoms in total. The molecule has 0 amide bonds. The van der Waals surface area contributed by atoms with E-state index in [1.165, 1.54) is 0 Å². The summed E-state index contributed by atoms with van der Waals surface area (Å²) in [6, 6.07) is 0.745. The van der Waals surface area contributed by atoms with E-state index < -0.39 is 5.97 Å². The van der Waals surface area contributed by atoms with Crippen molar-refractivity contribution in [3.05, 3.63) is 0 Å². The Labute approximate surface area is 86.1 Å². The van der Waals surface area contributed by atoms with Gasteiger partial charge in [0.05, 0.1) is 5.92 Å². The second-order valence-electron chi connectivity index (χ2n) is 4.42. The Balaban J connectivity index is 2.55. The molecule has 1 N–H and O–H groups in total. The lowest BCUT2D eigenvalue weighted by Gasteiger charge is -2.44. The molecular weight excluding hydrogens is 178 g/mol. The standard InChI is InChI=1S/C11H21NO2/c1-4-7-12(8(2)3)10-6-5-9(10)11(13)14/h8-10H,4-7H2,1-3H3,(H,13,14). The molecule has 1 rings (SSSR count). The van der Waals surface area contributed by atoms with Crippen LogP contribution >= 0.6 is 0 Å².